The Morgan fingerprint density at radius 1 is 1.31 bits per heavy atom. The molecule has 0 aliphatic carbocycles. The summed E-state index contributed by atoms with van der Waals surface area (Å²) in [6.07, 6.45) is 2.37. The molecule has 66 valence electrons. The Morgan fingerprint density at radius 2 is 1.77 bits per heavy atom. The van der Waals surface area contributed by atoms with Gasteiger partial charge < -0.3 is 14.7 Å². The molecule has 0 saturated carbocycles. The molecule has 0 bridgehead atoms. The van der Waals surface area contributed by atoms with Gasteiger partial charge in [-0.25, -0.2) is 0 Å². The van der Waals surface area contributed by atoms with E-state index in [-0.39, 0.29) is 0 Å². The fourth-order valence-electron chi connectivity index (χ4n) is 0.181. The third-order valence-electron chi connectivity index (χ3n) is 0.672. The average molecular weight is 179 g/mol. The molecule has 0 heterocycles. The van der Waals surface area contributed by atoms with Crippen LogP contribution in [0.15, 0.2) is 12.7 Å². The summed E-state index contributed by atoms with van der Waals surface area (Å²) < 4.78 is 3.46. The topological polar surface area (TPSA) is 121 Å². The lowest BCUT2D eigenvalue weighted by Gasteiger charge is -1.83. The first kappa shape index (κ1) is 13.6. The number of hydrogen-bond donors (Lipinski definition) is 2. The minimum Gasteiger partial charge on any atom is -0.442 e. The lowest BCUT2D eigenvalue weighted by molar-refractivity contribution is 0.267. The Kier molecular flexibility index (Phi) is 10.4. The lowest BCUT2D eigenvalue weighted by atomic mass is 10.2. The first-order valence-electron chi connectivity index (χ1n) is 2.95. The van der Waals surface area contributed by atoms with Gasteiger partial charge in [0.2, 0.25) is 0 Å². The summed E-state index contributed by atoms with van der Waals surface area (Å²) in [4.78, 5) is 0. The third-order valence-corrected chi connectivity index (χ3v) is 0.672. The van der Waals surface area contributed by atoms with E-state index in [2.05, 4.69) is 11.2 Å². The molecular formula is C6H6BN3O3. The molecule has 0 amide bonds. The molecule has 0 spiro atoms. The smallest absolute Gasteiger partial charge is 0.442 e. The summed E-state index contributed by atoms with van der Waals surface area (Å²) in [7, 11) is -1.96. The Balaban J connectivity index is 0. The molecule has 0 aromatic heterocycles. The van der Waals surface area contributed by atoms with Crippen molar-refractivity contribution in [1.29, 1.82) is 15.8 Å². The molecular weight excluding hydrogens is 173 g/mol. The normalized spacial score (nSPS) is 6.46. The first-order chi connectivity index (χ1) is 6.12. The van der Waals surface area contributed by atoms with E-state index in [9.17, 15) is 0 Å². The van der Waals surface area contributed by atoms with Crippen LogP contribution in [0.4, 0.5) is 0 Å². The van der Waals surface area contributed by atoms with Gasteiger partial charge in [0, 0.05) is 0 Å². The van der Waals surface area contributed by atoms with Crippen LogP contribution >= 0.6 is 0 Å². The molecule has 0 aliphatic rings. The maximum Gasteiger partial charge on any atom is 0.717 e. The summed E-state index contributed by atoms with van der Waals surface area (Å²) in [6.45, 7) is 3.26. The van der Waals surface area contributed by atoms with Gasteiger partial charge >= 0.3 is 7.32 Å². The van der Waals surface area contributed by atoms with E-state index in [4.69, 9.17) is 25.8 Å². The standard InChI is InChI=1S/C5H4N2.CH2BNO3/c1-2-5(3-6)4-7;3-1-6-2(4)5/h2,5H,1H2;4-5H. The highest BCUT2D eigenvalue weighted by Gasteiger charge is 2.06. The number of nitrogens with zero attached hydrogens (tertiary/aromatic N) is 3. The predicted molar refractivity (Wildman–Crippen MR) is 41.8 cm³/mol. The van der Waals surface area contributed by atoms with Gasteiger partial charge in [-0.15, -0.1) is 6.58 Å². The van der Waals surface area contributed by atoms with Gasteiger partial charge in [-0.05, 0) is 0 Å². The van der Waals surface area contributed by atoms with Gasteiger partial charge in [0.1, 0.15) is 0 Å². The first-order valence-corrected chi connectivity index (χ1v) is 2.95. The average Bonchev–Trinajstić information content (AvgIpc) is 2.08. The van der Waals surface area contributed by atoms with Crippen molar-refractivity contribution in [3.63, 3.8) is 0 Å². The van der Waals surface area contributed by atoms with Crippen LogP contribution < -0.4 is 0 Å². The molecule has 0 atom stereocenters. The minimum atomic E-state index is -1.96. The fourth-order valence-corrected chi connectivity index (χ4v) is 0.181. The molecule has 0 aromatic rings. The zero-order valence-corrected chi connectivity index (χ0v) is 6.58. The van der Waals surface area contributed by atoms with E-state index >= 15 is 0 Å². The summed E-state index contributed by atoms with van der Waals surface area (Å²) in [6, 6.07) is 3.44. The highest BCUT2D eigenvalue weighted by Crippen LogP contribution is 1.88. The number of nitriles is 3. The zero-order chi connectivity index (χ0) is 10.7. The van der Waals surface area contributed by atoms with Crippen LogP contribution in [-0.4, -0.2) is 17.4 Å². The van der Waals surface area contributed by atoms with Crippen LogP contribution in [0.5, 0.6) is 0 Å². The predicted octanol–water partition coefficient (Wildman–Crippen LogP) is -0.711. The SMILES string of the molecule is C=CC(C#N)C#N.N#COB(O)O. The van der Waals surface area contributed by atoms with Gasteiger partial charge in [0.05, 0.1) is 12.1 Å². The molecule has 7 heteroatoms. The molecule has 0 fully saturated rings. The maximum absolute atomic E-state index is 7.98. The van der Waals surface area contributed by atoms with Crippen molar-refractivity contribution in [2.45, 2.75) is 0 Å². The quantitative estimate of drug-likeness (QED) is 0.328. The molecule has 0 rings (SSSR count). The van der Waals surface area contributed by atoms with Crippen LogP contribution in [-0.2, 0) is 4.65 Å². The molecule has 0 aromatic carbocycles. The summed E-state index contributed by atoms with van der Waals surface area (Å²) in [5.41, 5.74) is 0. The molecule has 0 aliphatic heterocycles. The van der Waals surface area contributed by atoms with Gasteiger partial charge in [-0.1, -0.05) is 6.08 Å². The zero-order valence-electron chi connectivity index (χ0n) is 6.58. The lowest BCUT2D eigenvalue weighted by Crippen LogP contribution is -2.12. The molecule has 2 N–H and O–H groups in total. The Bertz CT molecular complexity index is 246. The Morgan fingerprint density at radius 3 is 1.77 bits per heavy atom. The largest absolute Gasteiger partial charge is 0.717 e. The van der Waals surface area contributed by atoms with Crippen LogP contribution in [0, 0.1) is 40.1 Å². The van der Waals surface area contributed by atoms with Gasteiger partial charge in [0.15, 0.2) is 5.92 Å². The number of allylic oxidation sites excluding steroid dienone is 1. The third kappa shape index (κ3) is 13.1. The molecule has 6 nitrogen and oxygen atoms in total. The summed E-state index contributed by atoms with van der Waals surface area (Å²) in [5, 5.41) is 38.7. The monoisotopic (exact) mass is 179 g/mol. The van der Waals surface area contributed by atoms with Crippen LogP contribution in [0.3, 0.4) is 0 Å². The minimum absolute atomic E-state index is 0.639. The second-order valence-electron chi connectivity index (χ2n) is 1.51. The van der Waals surface area contributed by atoms with Crippen molar-refractivity contribution in [3.8, 4) is 18.4 Å². The molecule has 13 heavy (non-hydrogen) atoms. The summed E-state index contributed by atoms with van der Waals surface area (Å²) in [5.74, 6) is -0.639. The Hall–Kier alpha value is -2.01. The van der Waals surface area contributed by atoms with Gasteiger partial charge in [-0.3, -0.25) is 0 Å². The van der Waals surface area contributed by atoms with E-state index in [0.717, 1.165) is 6.26 Å². The van der Waals surface area contributed by atoms with E-state index in [1.807, 2.05) is 0 Å². The van der Waals surface area contributed by atoms with E-state index in [1.165, 1.54) is 6.08 Å². The van der Waals surface area contributed by atoms with Gasteiger partial charge in [0.25, 0.3) is 6.26 Å². The van der Waals surface area contributed by atoms with Crippen molar-refractivity contribution in [2.24, 2.45) is 5.92 Å². The van der Waals surface area contributed by atoms with Crippen molar-refractivity contribution in [3.05, 3.63) is 12.7 Å². The van der Waals surface area contributed by atoms with Crippen molar-refractivity contribution >= 4 is 7.32 Å². The second-order valence-corrected chi connectivity index (χ2v) is 1.51. The van der Waals surface area contributed by atoms with Crippen molar-refractivity contribution in [2.75, 3.05) is 0 Å². The van der Waals surface area contributed by atoms with E-state index < -0.39 is 13.2 Å². The van der Waals surface area contributed by atoms with Crippen LogP contribution in [0.25, 0.3) is 0 Å². The Labute approximate surface area is 75.7 Å². The summed E-state index contributed by atoms with van der Waals surface area (Å²) >= 11 is 0. The van der Waals surface area contributed by atoms with Crippen molar-refractivity contribution in [1.82, 2.24) is 0 Å². The molecule has 0 unspecified atom stereocenters. The fraction of sp³-hybridized carbons (Fsp3) is 0.167. The molecule has 0 radical (unpaired) electrons. The highest BCUT2D eigenvalue weighted by atomic mass is 16.6. The van der Waals surface area contributed by atoms with Gasteiger partial charge in [-0.2, -0.15) is 15.8 Å². The van der Waals surface area contributed by atoms with Crippen LogP contribution in [0.2, 0.25) is 0 Å². The molecule has 0 saturated heterocycles. The number of hydrogen-bond acceptors (Lipinski definition) is 6. The van der Waals surface area contributed by atoms with E-state index in [1.54, 1.807) is 12.1 Å². The van der Waals surface area contributed by atoms with Crippen LogP contribution in [0.1, 0.15) is 0 Å². The van der Waals surface area contributed by atoms with E-state index in [0.29, 0.717) is 0 Å². The van der Waals surface area contributed by atoms with Crippen molar-refractivity contribution < 1.29 is 14.7 Å². The highest BCUT2D eigenvalue weighted by molar-refractivity contribution is 6.33. The maximum atomic E-state index is 7.98. The second kappa shape index (κ2) is 9.99. The number of rotatable bonds is 2.